The van der Waals surface area contributed by atoms with Crippen molar-refractivity contribution in [2.75, 3.05) is 31.6 Å². The highest BCUT2D eigenvalue weighted by atomic mass is 16.5. The van der Waals surface area contributed by atoms with Gasteiger partial charge in [0.05, 0.1) is 0 Å². The maximum atomic E-state index is 5.37. The van der Waals surface area contributed by atoms with Crippen molar-refractivity contribution in [3.8, 4) is 0 Å². The molecular formula is C13H20N4O. The van der Waals surface area contributed by atoms with Crippen LogP contribution in [0.4, 0.5) is 5.95 Å². The number of ether oxygens (including phenoxy) is 1. The van der Waals surface area contributed by atoms with Crippen molar-refractivity contribution in [3.63, 3.8) is 0 Å². The molecule has 2 fully saturated rings. The van der Waals surface area contributed by atoms with E-state index >= 15 is 0 Å². The summed E-state index contributed by atoms with van der Waals surface area (Å²) in [6, 6.07) is 0.471. The van der Waals surface area contributed by atoms with Gasteiger partial charge in [0, 0.05) is 38.2 Å². The van der Waals surface area contributed by atoms with Crippen LogP contribution in [0.15, 0.2) is 12.4 Å². The molecule has 0 aromatic carbocycles. The van der Waals surface area contributed by atoms with Gasteiger partial charge in [0.15, 0.2) is 0 Å². The lowest BCUT2D eigenvalue weighted by Crippen LogP contribution is -2.23. The molecule has 0 radical (unpaired) electrons. The van der Waals surface area contributed by atoms with Gasteiger partial charge in [-0.25, -0.2) is 9.97 Å². The van der Waals surface area contributed by atoms with Gasteiger partial charge >= 0.3 is 0 Å². The predicted molar refractivity (Wildman–Crippen MR) is 69.7 cm³/mol. The van der Waals surface area contributed by atoms with Crippen LogP contribution in [0.25, 0.3) is 0 Å². The Kier molecular flexibility index (Phi) is 3.71. The Morgan fingerprint density at radius 2 is 1.94 bits per heavy atom. The van der Waals surface area contributed by atoms with Crippen molar-refractivity contribution < 1.29 is 4.74 Å². The van der Waals surface area contributed by atoms with Gasteiger partial charge in [-0.2, -0.15) is 0 Å². The molecule has 1 atom stereocenters. The third kappa shape index (κ3) is 2.79. The third-order valence-electron chi connectivity index (χ3n) is 3.76. The van der Waals surface area contributed by atoms with Crippen LogP contribution in [0.1, 0.15) is 30.7 Å². The second-order valence-electron chi connectivity index (χ2n) is 5.06. The fraction of sp³-hybridized carbons (Fsp3) is 0.692. The first-order valence-corrected chi connectivity index (χ1v) is 6.79. The van der Waals surface area contributed by atoms with Crippen LogP contribution in [-0.2, 0) is 4.74 Å². The molecule has 3 heterocycles. The Hall–Kier alpha value is -1.20. The van der Waals surface area contributed by atoms with Gasteiger partial charge in [-0.15, -0.1) is 0 Å². The summed E-state index contributed by atoms with van der Waals surface area (Å²) in [6.07, 6.45) is 7.25. The Labute approximate surface area is 107 Å². The standard InChI is InChI=1S/C13H20N4O/c1-4-14-9-12(1)17-13-15-7-11(8-16-13)10-2-5-18-6-3-10/h7-8,10,12,14H,1-6,9H2,(H,15,16,17). The van der Waals surface area contributed by atoms with Crippen molar-refractivity contribution in [3.05, 3.63) is 18.0 Å². The van der Waals surface area contributed by atoms with Crippen LogP contribution in [0.5, 0.6) is 0 Å². The third-order valence-corrected chi connectivity index (χ3v) is 3.76. The molecule has 1 aromatic heterocycles. The van der Waals surface area contributed by atoms with E-state index in [1.54, 1.807) is 0 Å². The van der Waals surface area contributed by atoms with Gasteiger partial charge in [0.25, 0.3) is 0 Å². The van der Waals surface area contributed by atoms with E-state index in [2.05, 4.69) is 20.6 Å². The Morgan fingerprint density at radius 3 is 2.61 bits per heavy atom. The van der Waals surface area contributed by atoms with Crippen LogP contribution in [0, 0.1) is 0 Å². The molecule has 0 saturated carbocycles. The molecule has 18 heavy (non-hydrogen) atoms. The number of hydrogen-bond acceptors (Lipinski definition) is 5. The smallest absolute Gasteiger partial charge is 0.222 e. The van der Waals surface area contributed by atoms with E-state index in [1.807, 2.05) is 12.4 Å². The Morgan fingerprint density at radius 1 is 1.17 bits per heavy atom. The lowest BCUT2D eigenvalue weighted by atomic mass is 9.94. The summed E-state index contributed by atoms with van der Waals surface area (Å²) < 4.78 is 5.37. The summed E-state index contributed by atoms with van der Waals surface area (Å²) in [6.45, 7) is 3.81. The van der Waals surface area contributed by atoms with E-state index in [9.17, 15) is 0 Å². The van der Waals surface area contributed by atoms with E-state index in [-0.39, 0.29) is 0 Å². The molecule has 2 aliphatic rings. The van der Waals surface area contributed by atoms with Crippen molar-refractivity contribution in [1.82, 2.24) is 15.3 Å². The minimum atomic E-state index is 0.471. The number of hydrogen-bond donors (Lipinski definition) is 2. The van der Waals surface area contributed by atoms with Gasteiger partial charge in [0.2, 0.25) is 5.95 Å². The molecule has 0 spiro atoms. The van der Waals surface area contributed by atoms with Crippen LogP contribution in [0.2, 0.25) is 0 Å². The molecule has 98 valence electrons. The van der Waals surface area contributed by atoms with Crippen molar-refractivity contribution in [1.29, 1.82) is 0 Å². The summed E-state index contributed by atoms with van der Waals surface area (Å²) in [5.41, 5.74) is 1.24. The van der Waals surface area contributed by atoms with Crippen molar-refractivity contribution in [2.24, 2.45) is 0 Å². The number of nitrogens with one attached hydrogen (secondary N) is 2. The van der Waals surface area contributed by atoms with E-state index < -0.39 is 0 Å². The van der Waals surface area contributed by atoms with Crippen LogP contribution >= 0.6 is 0 Å². The lowest BCUT2D eigenvalue weighted by Gasteiger charge is -2.22. The minimum absolute atomic E-state index is 0.471. The second kappa shape index (κ2) is 5.63. The Bertz CT molecular complexity index is 369. The van der Waals surface area contributed by atoms with Gasteiger partial charge in [0.1, 0.15) is 0 Å². The average Bonchev–Trinajstić information content (AvgIpc) is 2.94. The van der Waals surface area contributed by atoms with Gasteiger partial charge < -0.3 is 15.4 Å². The fourth-order valence-electron chi connectivity index (χ4n) is 2.61. The molecule has 5 heteroatoms. The first kappa shape index (κ1) is 11.9. The summed E-state index contributed by atoms with van der Waals surface area (Å²) in [5, 5.41) is 6.69. The van der Waals surface area contributed by atoms with Gasteiger partial charge in [-0.1, -0.05) is 0 Å². The van der Waals surface area contributed by atoms with E-state index in [0.717, 1.165) is 51.5 Å². The van der Waals surface area contributed by atoms with E-state index in [4.69, 9.17) is 4.74 Å². The molecule has 2 N–H and O–H groups in total. The minimum Gasteiger partial charge on any atom is -0.381 e. The fourth-order valence-corrected chi connectivity index (χ4v) is 2.61. The number of anilines is 1. The number of rotatable bonds is 3. The van der Waals surface area contributed by atoms with Gasteiger partial charge in [-0.05, 0) is 37.3 Å². The second-order valence-corrected chi connectivity index (χ2v) is 5.06. The summed E-state index contributed by atoms with van der Waals surface area (Å²) in [7, 11) is 0. The van der Waals surface area contributed by atoms with Gasteiger partial charge in [-0.3, -0.25) is 0 Å². The monoisotopic (exact) mass is 248 g/mol. The van der Waals surface area contributed by atoms with Crippen LogP contribution in [-0.4, -0.2) is 42.3 Å². The molecule has 2 saturated heterocycles. The quantitative estimate of drug-likeness (QED) is 0.840. The van der Waals surface area contributed by atoms with Crippen molar-refractivity contribution in [2.45, 2.75) is 31.2 Å². The normalized spacial score (nSPS) is 25.2. The molecule has 0 bridgehead atoms. The summed E-state index contributed by atoms with van der Waals surface area (Å²) in [5.74, 6) is 1.32. The first-order chi connectivity index (χ1) is 8.92. The summed E-state index contributed by atoms with van der Waals surface area (Å²) >= 11 is 0. The molecule has 2 aliphatic heterocycles. The number of nitrogens with zero attached hydrogens (tertiary/aromatic N) is 2. The average molecular weight is 248 g/mol. The largest absolute Gasteiger partial charge is 0.381 e. The van der Waals surface area contributed by atoms with E-state index in [0.29, 0.717) is 12.0 Å². The molecular weight excluding hydrogens is 228 g/mol. The maximum Gasteiger partial charge on any atom is 0.222 e. The predicted octanol–water partition coefficient (Wildman–Crippen LogP) is 1.14. The van der Waals surface area contributed by atoms with Crippen molar-refractivity contribution >= 4 is 5.95 Å². The number of aromatic nitrogens is 2. The highest BCUT2D eigenvalue weighted by molar-refractivity contribution is 5.28. The summed E-state index contributed by atoms with van der Waals surface area (Å²) in [4.78, 5) is 8.85. The highest BCUT2D eigenvalue weighted by Crippen LogP contribution is 2.25. The molecule has 3 rings (SSSR count). The zero-order valence-corrected chi connectivity index (χ0v) is 10.6. The topological polar surface area (TPSA) is 59.1 Å². The zero-order valence-electron chi connectivity index (χ0n) is 10.6. The SMILES string of the molecule is c1nc(NC2CCNC2)ncc1C1CCOCC1. The zero-order chi connectivity index (χ0) is 12.2. The molecule has 5 nitrogen and oxygen atoms in total. The highest BCUT2D eigenvalue weighted by Gasteiger charge is 2.18. The molecule has 1 unspecified atom stereocenters. The maximum absolute atomic E-state index is 5.37. The molecule has 0 aliphatic carbocycles. The Balaban J connectivity index is 1.60. The van der Waals surface area contributed by atoms with Crippen LogP contribution < -0.4 is 10.6 Å². The first-order valence-electron chi connectivity index (χ1n) is 6.79. The molecule has 0 amide bonds. The lowest BCUT2D eigenvalue weighted by molar-refractivity contribution is 0.0852. The van der Waals surface area contributed by atoms with Crippen LogP contribution in [0.3, 0.4) is 0 Å². The van der Waals surface area contributed by atoms with E-state index in [1.165, 1.54) is 5.56 Å². The molecule has 1 aromatic rings.